The van der Waals surface area contributed by atoms with Gasteiger partial charge in [0.25, 0.3) is 0 Å². The molecule has 1 aliphatic rings. The average Bonchev–Trinajstić information content (AvgIpc) is 3.25. The number of carbonyl (C=O) groups is 2. The van der Waals surface area contributed by atoms with E-state index in [1.54, 1.807) is 30.3 Å². The Morgan fingerprint density at radius 3 is 2.12 bits per heavy atom. The lowest BCUT2D eigenvalue weighted by atomic mass is 10.2. The maximum atomic E-state index is 12.8. The number of rotatable bonds is 9. The molecule has 1 saturated heterocycles. The van der Waals surface area contributed by atoms with Crippen LogP contribution in [-0.4, -0.2) is 57.2 Å². The van der Waals surface area contributed by atoms with Crippen LogP contribution >= 0.6 is 23.2 Å². The Balaban J connectivity index is 1.58. The predicted molar refractivity (Wildman–Crippen MR) is 129 cm³/mol. The van der Waals surface area contributed by atoms with Crippen molar-refractivity contribution < 1.29 is 23.8 Å². The minimum absolute atomic E-state index is 0.143. The molecular formula is C23H27Cl2N3O5. The zero-order chi connectivity index (χ0) is 24.0. The Hall–Kier alpha value is -2.68. The summed E-state index contributed by atoms with van der Waals surface area (Å²) in [4.78, 5) is 27.4. The van der Waals surface area contributed by atoms with Gasteiger partial charge in [0.2, 0.25) is 17.6 Å². The van der Waals surface area contributed by atoms with Crippen molar-refractivity contribution in [3.05, 3.63) is 40.4 Å². The first kappa shape index (κ1) is 25.0. The summed E-state index contributed by atoms with van der Waals surface area (Å²) in [6.07, 6.45) is 1.82. The SMILES string of the molecule is COc1cc(NC(=O)CCN2CCCC2C(=O)Nc2cc(Cl)cc(Cl)c2)cc(OC)c1OC. The van der Waals surface area contributed by atoms with Gasteiger partial charge in [0.15, 0.2) is 11.5 Å². The molecule has 1 unspecified atom stereocenters. The number of halogens is 2. The van der Waals surface area contributed by atoms with Gasteiger partial charge in [-0.05, 0) is 37.6 Å². The maximum absolute atomic E-state index is 12.8. The highest BCUT2D eigenvalue weighted by Crippen LogP contribution is 2.40. The molecule has 10 heteroatoms. The predicted octanol–water partition coefficient (Wildman–Crippen LogP) is 4.45. The topological polar surface area (TPSA) is 89.1 Å². The number of benzene rings is 2. The third-order valence-corrected chi connectivity index (χ3v) is 5.81. The second kappa shape index (κ2) is 11.4. The van der Waals surface area contributed by atoms with Crippen LogP contribution in [0, 0.1) is 0 Å². The Labute approximate surface area is 203 Å². The molecule has 1 atom stereocenters. The van der Waals surface area contributed by atoms with Crippen LogP contribution in [0.25, 0.3) is 0 Å². The summed E-state index contributed by atoms with van der Waals surface area (Å²) in [6.45, 7) is 1.19. The monoisotopic (exact) mass is 495 g/mol. The van der Waals surface area contributed by atoms with Crippen LogP contribution in [0.5, 0.6) is 17.2 Å². The number of nitrogens with one attached hydrogen (secondary N) is 2. The van der Waals surface area contributed by atoms with E-state index >= 15 is 0 Å². The second-order valence-electron chi connectivity index (χ2n) is 7.55. The number of nitrogens with zero attached hydrogens (tertiary/aromatic N) is 1. The molecule has 2 N–H and O–H groups in total. The van der Waals surface area contributed by atoms with E-state index in [2.05, 4.69) is 10.6 Å². The van der Waals surface area contributed by atoms with Crippen molar-refractivity contribution in [1.29, 1.82) is 0 Å². The normalized spacial score (nSPS) is 15.7. The third-order valence-electron chi connectivity index (χ3n) is 5.37. The molecule has 1 fully saturated rings. The molecule has 0 radical (unpaired) electrons. The van der Waals surface area contributed by atoms with Crippen LogP contribution < -0.4 is 24.8 Å². The Kier molecular flexibility index (Phi) is 8.66. The largest absolute Gasteiger partial charge is 0.493 e. The number of hydrogen-bond acceptors (Lipinski definition) is 6. The van der Waals surface area contributed by atoms with Gasteiger partial charge in [-0.25, -0.2) is 0 Å². The van der Waals surface area contributed by atoms with Crippen LogP contribution in [0.4, 0.5) is 11.4 Å². The van der Waals surface area contributed by atoms with Gasteiger partial charge in [0.05, 0.1) is 27.4 Å². The number of anilines is 2. The number of likely N-dealkylation sites (tertiary alicyclic amines) is 1. The number of ether oxygens (including phenoxy) is 3. The van der Waals surface area contributed by atoms with Gasteiger partial charge in [-0.15, -0.1) is 0 Å². The van der Waals surface area contributed by atoms with E-state index in [1.807, 2.05) is 4.90 Å². The van der Waals surface area contributed by atoms with Crippen LogP contribution in [0.15, 0.2) is 30.3 Å². The molecule has 0 bridgehead atoms. The fourth-order valence-corrected chi connectivity index (χ4v) is 4.39. The molecule has 0 aliphatic carbocycles. The maximum Gasteiger partial charge on any atom is 0.241 e. The highest BCUT2D eigenvalue weighted by molar-refractivity contribution is 6.35. The molecular weight excluding hydrogens is 469 g/mol. The first-order valence-electron chi connectivity index (χ1n) is 10.5. The first-order valence-corrected chi connectivity index (χ1v) is 11.2. The van der Waals surface area contributed by atoms with Crippen molar-refractivity contribution in [2.75, 3.05) is 45.1 Å². The zero-order valence-electron chi connectivity index (χ0n) is 18.7. The van der Waals surface area contributed by atoms with E-state index in [0.29, 0.717) is 51.6 Å². The van der Waals surface area contributed by atoms with Crippen molar-refractivity contribution in [1.82, 2.24) is 4.90 Å². The number of carbonyl (C=O) groups excluding carboxylic acids is 2. The van der Waals surface area contributed by atoms with Gasteiger partial charge in [0.1, 0.15) is 0 Å². The van der Waals surface area contributed by atoms with E-state index in [1.165, 1.54) is 21.3 Å². The van der Waals surface area contributed by atoms with Crippen molar-refractivity contribution in [2.45, 2.75) is 25.3 Å². The fourth-order valence-electron chi connectivity index (χ4n) is 3.86. The van der Waals surface area contributed by atoms with Gasteiger partial charge < -0.3 is 24.8 Å². The molecule has 0 spiro atoms. The molecule has 178 valence electrons. The lowest BCUT2D eigenvalue weighted by Crippen LogP contribution is -2.40. The molecule has 0 saturated carbocycles. The van der Waals surface area contributed by atoms with Crippen LogP contribution in [0.2, 0.25) is 10.0 Å². The summed E-state index contributed by atoms with van der Waals surface area (Å²) < 4.78 is 15.9. The molecule has 1 heterocycles. The summed E-state index contributed by atoms with van der Waals surface area (Å²) in [5, 5.41) is 6.62. The fraction of sp³-hybridized carbons (Fsp3) is 0.391. The summed E-state index contributed by atoms with van der Waals surface area (Å²) in [5.74, 6) is 1.02. The molecule has 2 aromatic rings. The smallest absolute Gasteiger partial charge is 0.241 e. The number of amides is 2. The van der Waals surface area contributed by atoms with Crippen molar-refractivity contribution in [3.8, 4) is 17.2 Å². The molecule has 3 rings (SSSR count). The minimum Gasteiger partial charge on any atom is -0.493 e. The third kappa shape index (κ3) is 6.43. The van der Waals surface area contributed by atoms with E-state index in [4.69, 9.17) is 37.4 Å². The van der Waals surface area contributed by atoms with Gasteiger partial charge in [-0.3, -0.25) is 14.5 Å². The van der Waals surface area contributed by atoms with Crippen molar-refractivity contribution in [2.24, 2.45) is 0 Å². The van der Waals surface area contributed by atoms with Crippen molar-refractivity contribution in [3.63, 3.8) is 0 Å². The standard InChI is InChI=1S/C23H27Cl2N3O5/c1-31-19-12-17(13-20(32-2)22(19)33-3)26-21(29)6-8-28-7-4-5-18(28)23(30)27-16-10-14(24)9-15(25)11-16/h9-13,18H,4-8H2,1-3H3,(H,26,29)(H,27,30). The van der Waals surface area contributed by atoms with E-state index in [9.17, 15) is 9.59 Å². The Morgan fingerprint density at radius 2 is 1.55 bits per heavy atom. The average molecular weight is 496 g/mol. The highest BCUT2D eigenvalue weighted by atomic mass is 35.5. The molecule has 8 nitrogen and oxygen atoms in total. The van der Waals surface area contributed by atoms with E-state index in [-0.39, 0.29) is 24.3 Å². The summed E-state index contributed by atoms with van der Waals surface area (Å²) in [6, 6.07) is 7.91. The summed E-state index contributed by atoms with van der Waals surface area (Å²) >= 11 is 12.0. The first-order chi connectivity index (χ1) is 15.8. The zero-order valence-corrected chi connectivity index (χ0v) is 20.3. The van der Waals surface area contributed by atoms with Gasteiger partial charge in [-0.2, -0.15) is 0 Å². The summed E-state index contributed by atoms with van der Waals surface area (Å²) in [7, 11) is 4.54. The van der Waals surface area contributed by atoms with Crippen LogP contribution in [-0.2, 0) is 9.59 Å². The Morgan fingerprint density at radius 1 is 0.939 bits per heavy atom. The Bertz CT molecular complexity index is 972. The molecule has 2 amide bonds. The van der Waals surface area contributed by atoms with Crippen molar-refractivity contribution >= 4 is 46.4 Å². The second-order valence-corrected chi connectivity index (χ2v) is 8.43. The lowest BCUT2D eigenvalue weighted by molar-refractivity contribution is -0.121. The van der Waals surface area contributed by atoms with Gasteiger partial charge in [0, 0.05) is 46.5 Å². The molecule has 2 aromatic carbocycles. The van der Waals surface area contributed by atoms with E-state index < -0.39 is 0 Å². The van der Waals surface area contributed by atoms with Gasteiger partial charge >= 0.3 is 0 Å². The van der Waals surface area contributed by atoms with Crippen LogP contribution in [0.3, 0.4) is 0 Å². The molecule has 1 aliphatic heterocycles. The quantitative estimate of drug-likeness (QED) is 0.534. The molecule has 33 heavy (non-hydrogen) atoms. The number of hydrogen-bond donors (Lipinski definition) is 2. The minimum atomic E-state index is -0.322. The van der Waals surface area contributed by atoms with Crippen LogP contribution in [0.1, 0.15) is 19.3 Å². The van der Waals surface area contributed by atoms with E-state index in [0.717, 1.165) is 13.0 Å². The highest BCUT2D eigenvalue weighted by Gasteiger charge is 2.31. The lowest BCUT2D eigenvalue weighted by Gasteiger charge is -2.23. The summed E-state index contributed by atoms with van der Waals surface area (Å²) in [5.41, 5.74) is 1.08. The molecule has 0 aromatic heterocycles. The van der Waals surface area contributed by atoms with Gasteiger partial charge in [-0.1, -0.05) is 23.2 Å². The number of methoxy groups -OCH3 is 3.